The zero-order valence-corrected chi connectivity index (χ0v) is 8.06. The number of hydrogen-bond donors (Lipinski definition) is 2. The fourth-order valence-corrected chi connectivity index (χ4v) is 2.55. The van der Waals surface area contributed by atoms with Crippen molar-refractivity contribution in [3.63, 3.8) is 0 Å². The van der Waals surface area contributed by atoms with Crippen molar-refractivity contribution in [2.75, 3.05) is 0 Å². The minimum absolute atomic E-state index is 0.355. The molecule has 0 radical (unpaired) electrons. The first-order valence-corrected chi connectivity index (χ1v) is 5.44. The second-order valence-corrected chi connectivity index (χ2v) is 4.34. The first kappa shape index (κ1) is 6.99. The predicted octanol–water partition coefficient (Wildman–Crippen LogP) is -0.200. The molecule has 0 atom stereocenters. The van der Waals surface area contributed by atoms with Gasteiger partial charge in [0.15, 0.2) is 0 Å². The topological polar surface area (TPSA) is 83.1 Å². The number of rotatable bonds is 1. The van der Waals surface area contributed by atoms with Gasteiger partial charge in [-0.3, -0.25) is 0 Å². The molecule has 3 heterocycles. The maximum atomic E-state index is 4.19. The van der Waals surface area contributed by atoms with Crippen molar-refractivity contribution in [2.24, 2.45) is 0 Å². The van der Waals surface area contributed by atoms with Gasteiger partial charge in [-0.1, -0.05) is 0 Å². The molecule has 0 unspecified atom stereocenters. The molecule has 13 heavy (non-hydrogen) atoms. The number of fused-ring (bicyclic) bond motifs is 1. The Labute approximate surface area is 78.1 Å². The molecule has 0 aliphatic rings. The molecule has 0 bridgehead atoms. The average Bonchev–Trinajstić information content (AvgIpc) is 2.78. The van der Waals surface area contributed by atoms with E-state index in [-0.39, 0.29) is 0 Å². The number of hydrogen-bond acceptors (Lipinski definition) is 4. The first-order chi connectivity index (χ1) is 6.43. The standard InChI is InChI=1S/C6H4N6Se/c1-3(5-9-11-12-10-5)8-6-4(1)13-2-7-6/h1-2,8H,(H,9,10,11,12). The molecule has 0 spiro atoms. The van der Waals surface area contributed by atoms with Gasteiger partial charge in [0, 0.05) is 0 Å². The van der Waals surface area contributed by atoms with Gasteiger partial charge in [0.1, 0.15) is 0 Å². The van der Waals surface area contributed by atoms with E-state index in [9.17, 15) is 0 Å². The molecule has 0 aliphatic carbocycles. The minimum atomic E-state index is 0.355. The zero-order valence-electron chi connectivity index (χ0n) is 6.35. The van der Waals surface area contributed by atoms with E-state index in [0.29, 0.717) is 20.3 Å². The Kier molecular flexibility index (Phi) is 1.35. The summed E-state index contributed by atoms with van der Waals surface area (Å²) in [4.78, 5) is 7.32. The maximum absolute atomic E-state index is 4.19. The normalized spacial score (nSPS) is 11.1. The van der Waals surface area contributed by atoms with E-state index in [1.165, 1.54) is 4.26 Å². The van der Waals surface area contributed by atoms with Crippen LogP contribution >= 0.6 is 0 Å². The number of nitrogens with one attached hydrogen (secondary N) is 2. The number of nitrogens with zero attached hydrogens (tertiary/aromatic N) is 4. The fraction of sp³-hybridized carbons (Fsp3) is 0. The molecule has 3 rings (SSSR count). The molecule has 0 saturated heterocycles. The third kappa shape index (κ3) is 1.01. The molecule has 3 aromatic rings. The molecule has 6 nitrogen and oxygen atoms in total. The summed E-state index contributed by atoms with van der Waals surface area (Å²) in [5, 5.41) is 15.6. The summed E-state index contributed by atoms with van der Waals surface area (Å²) in [6.07, 6.45) is 0. The van der Waals surface area contributed by atoms with Crippen LogP contribution in [0.4, 0.5) is 0 Å². The Hall–Kier alpha value is -1.46. The molecule has 64 valence electrons. The van der Waals surface area contributed by atoms with Gasteiger partial charge in [-0.25, -0.2) is 0 Å². The van der Waals surface area contributed by atoms with Crippen LogP contribution in [-0.2, 0) is 0 Å². The fourth-order valence-electron chi connectivity index (χ4n) is 1.14. The zero-order chi connectivity index (χ0) is 8.67. The van der Waals surface area contributed by atoms with Crippen molar-refractivity contribution in [3.05, 3.63) is 11.1 Å². The number of aromatic nitrogens is 6. The Bertz CT molecular complexity index is 492. The van der Waals surface area contributed by atoms with Crippen LogP contribution in [0.25, 0.3) is 21.4 Å². The molecule has 0 amide bonds. The molecule has 0 fully saturated rings. The van der Waals surface area contributed by atoms with Gasteiger partial charge in [-0.05, 0) is 0 Å². The van der Waals surface area contributed by atoms with Crippen LogP contribution in [0.3, 0.4) is 0 Å². The van der Waals surface area contributed by atoms with Crippen molar-refractivity contribution in [1.29, 1.82) is 0 Å². The quantitative estimate of drug-likeness (QED) is 0.576. The SMILES string of the molecule is c1nc2[nH]c(-c3nn[nH]n3)cc2[se]1. The monoisotopic (exact) mass is 240 g/mol. The van der Waals surface area contributed by atoms with Gasteiger partial charge in [-0.2, -0.15) is 0 Å². The van der Waals surface area contributed by atoms with E-state index in [1.54, 1.807) is 0 Å². The van der Waals surface area contributed by atoms with Crippen LogP contribution in [-0.4, -0.2) is 45.1 Å². The summed E-state index contributed by atoms with van der Waals surface area (Å²) < 4.78 is 1.24. The summed E-state index contributed by atoms with van der Waals surface area (Å²) in [7, 11) is 0. The second kappa shape index (κ2) is 2.51. The Balaban J connectivity index is 2.23. The van der Waals surface area contributed by atoms with Gasteiger partial charge in [0.25, 0.3) is 0 Å². The summed E-state index contributed by atoms with van der Waals surface area (Å²) in [5.74, 6) is 0.584. The van der Waals surface area contributed by atoms with Crippen LogP contribution in [0.5, 0.6) is 0 Å². The van der Waals surface area contributed by atoms with Gasteiger partial charge >= 0.3 is 77.7 Å². The molecule has 0 aromatic carbocycles. The van der Waals surface area contributed by atoms with Crippen molar-refractivity contribution in [1.82, 2.24) is 30.6 Å². The average molecular weight is 239 g/mol. The van der Waals surface area contributed by atoms with Crippen LogP contribution in [0.15, 0.2) is 11.1 Å². The molecule has 7 heteroatoms. The van der Waals surface area contributed by atoms with Gasteiger partial charge in [0.05, 0.1) is 0 Å². The van der Waals surface area contributed by atoms with E-state index in [0.717, 1.165) is 11.3 Å². The molecular formula is C6H4N6Se. The Morgan fingerprint density at radius 3 is 3.15 bits per heavy atom. The number of H-pyrrole nitrogens is 2. The molecule has 2 N–H and O–H groups in total. The summed E-state index contributed by atoms with van der Waals surface area (Å²) in [5.41, 5.74) is 1.80. The summed E-state index contributed by atoms with van der Waals surface area (Å²) in [6, 6.07) is 2.02. The van der Waals surface area contributed by atoms with Gasteiger partial charge in [-0.15, -0.1) is 0 Å². The number of tetrazole rings is 1. The van der Waals surface area contributed by atoms with E-state index in [4.69, 9.17) is 0 Å². The number of aromatic amines is 2. The second-order valence-electron chi connectivity index (χ2n) is 2.48. The van der Waals surface area contributed by atoms with Gasteiger partial charge in [0.2, 0.25) is 0 Å². The molecule has 0 aliphatic heterocycles. The van der Waals surface area contributed by atoms with Crippen molar-refractivity contribution >= 4 is 24.4 Å². The third-order valence-electron chi connectivity index (χ3n) is 1.71. The summed E-state index contributed by atoms with van der Waals surface area (Å²) >= 11 is 0.355. The first-order valence-electron chi connectivity index (χ1n) is 3.59. The van der Waals surface area contributed by atoms with E-state index < -0.39 is 0 Å². The Morgan fingerprint density at radius 1 is 1.38 bits per heavy atom. The van der Waals surface area contributed by atoms with Crippen LogP contribution in [0.1, 0.15) is 0 Å². The van der Waals surface area contributed by atoms with E-state index in [1.807, 2.05) is 11.1 Å². The van der Waals surface area contributed by atoms with Crippen molar-refractivity contribution in [3.8, 4) is 11.5 Å². The summed E-state index contributed by atoms with van der Waals surface area (Å²) in [6.45, 7) is 0. The van der Waals surface area contributed by atoms with Crippen molar-refractivity contribution < 1.29 is 0 Å². The predicted molar refractivity (Wildman–Crippen MR) is 46.2 cm³/mol. The molecule has 0 saturated carbocycles. The molecule has 3 aromatic heterocycles. The van der Waals surface area contributed by atoms with Crippen molar-refractivity contribution in [2.45, 2.75) is 0 Å². The van der Waals surface area contributed by atoms with E-state index >= 15 is 0 Å². The van der Waals surface area contributed by atoms with Crippen LogP contribution < -0.4 is 0 Å². The van der Waals surface area contributed by atoms with Crippen LogP contribution in [0, 0.1) is 0 Å². The van der Waals surface area contributed by atoms with Crippen LogP contribution in [0.2, 0.25) is 0 Å². The van der Waals surface area contributed by atoms with E-state index in [2.05, 4.69) is 30.6 Å². The third-order valence-corrected chi connectivity index (χ3v) is 3.34. The van der Waals surface area contributed by atoms with Gasteiger partial charge < -0.3 is 0 Å². The molecular weight excluding hydrogens is 235 g/mol. The Morgan fingerprint density at radius 2 is 2.38 bits per heavy atom.